The normalized spacial score (nSPS) is 15.2. The molecule has 6 nitrogen and oxygen atoms in total. The number of benzene rings is 2. The molecule has 0 spiro atoms. The summed E-state index contributed by atoms with van der Waals surface area (Å²) in [6.07, 6.45) is 0. The van der Waals surface area contributed by atoms with E-state index in [9.17, 15) is 13.2 Å². The van der Waals surface area contributed by atoms with Crippen molar-refractivity contribution in [2.45, 2.75) is 0 Å². The molecule has 1 aliphatic heterocycles. The Bertz CT molecular complexity index is 868. The van der Waals surface area contributed by atoms with Gasteiger partial charge >= 0.3 is 10.2 Å². The maximum absolute atomic E-state index is 12.5. The van der Waals surface area contributed by atoms with E-state index in [-0.39, 0.29) is 19.0 Å². The van der Waals surface area contributed by atoms with Crippen LogP contribution in [0.1, 0.15) is 10.4 Å². The van der Waals surface area contributed by atoms with Crippen LogP contribution in [0, 0.1) is 0 Å². The number of halogens is 1. The second-order valence-corrected chi connectivity index (χ2v) is 8.10. The molecule has 1 heterocycles. The van der Waals surface area contributed by atoms with E-state index in [1.165, 1.54) is 15.7 Å². The highest BCUT2D eigenvalue weighted by Crippen LogP contribution is 2.38. The van der Waals surface area contributed by atoms with Gasteiger partial charge in [-0.05, 0) is 36.4 Å². The van der Waals surface area contributed by atoms with E-state index in [1.54, 1.807) is 48.5 Å². The molecule has 0 radical (unpaired) electrons. The zero-order valence-electron chi connectivity index (χ0n) is 12.9. The second kappa shape index (κ2) is 6.45. The van der Waals surface area contributed by atoms with Gasteiger partial charge < -0.3 is 5.32 Å². The minimum atomic E-state index is -3.58. The van der Waals surface area contributed by atoms with Gasteiger partial charge in [0.05, 0.1) is 17.9 Å². The van der Waals surface area contributed by atoms with Crippen molar-refractivity contribution < 1.29 is 13.2 Å². The molecule has 0 unspecified atom stereocenters. The second-order valence-electron chi connectivity index (χ2n) is 5.30. The number of para-hydroxylation sites is 2. The van der Waals surface area contributed by atoms with Crippen LogP contribution < -0.4 is 13.9 Å². The molecule has 0 atom stereocenters. The van der Waals surface area contributed by atoms with Crippen molar-refractivity contribution in [2.75, 3.05) is 28.7 Å². The molecule has 8 heteroatoms. The Hall–Kier alpha value is -2.06. The number of hydrogen-bond donors (Lipinski definition) is 1. The lowest BCUT2D eigenvalue weighted by atomic mass is 10.2. The standard InChI is InChI=1S/C16H16BrN3O3S/c1-19-14-4-2-3-5-15(14)20(24(19,22)23)11-10-18-16(21)12-6-8-13(17)9-7-12/h2-9H,10-11H2,1H3,(H,18,21). The van der Waals surface area contributed by atoms with Crippen LogP contribution >= 0.6 is 15.9 Å². The molecule has 0 aliphatic carbocycles. The van der Waals surface area contributed by atoms with Crippen LogP contribution in [-0.2, 0) is 10.2 Å². The number of anilines is 2. The Morgan fingerprint density at radius 2 is 1.71 bits per heavy atom. The zero-order valence-corrected chi connectivity index (χ0v) is 15.3. The summed E-state index contributed by atoms with van der Waals surface area (Å²) in [6.45, 7) is 0.391. The minimum absolute atomic E-state index is 0.173. The van der Waals surface area contributed by atoms with Crippen LogP contribution in [0.2, 0.25) is 0 Å². The fourth-order valence-electron chi connectivity index (χ4n) is 2.55. The van der Waals surface area contributed by atoms with Gasteiger partial charge in [0.15, 0.2) is 0 Å². The molecule has 126 valence electrons. The van der Waals surface area contributed by atoms with E-state index in [0.717, 1.165) is 4.47 Å². The van der Waals surface area contributed by atoms with Crippen LogP contribution in [0.15, 0.2) is 53.0 Å². The molecule has 3 rings (SSSR count). The first kappa shape index (κ1) is 16.8. The van der Waals surface area contributed by atoms with Crippen molar-refractivity contribution in [2.24, 2.45) is 0 Å². The van der Waals surface area contributed by atoms with Crippen molar-refractivity contribution in [1.29, 1.82) is 0 Å². The monoisotopic (exact) mass is 409 g/mol. The Morgan fingerprint density at radius 3 is 2.38 bits per heavy atom. The van der Waals surface area contributed by atoms with Crippen LogP contribution in [-0.4, -0.2) is 34.5 Å². The summed E-state index contributed by atoms with van der Waals surface area (Å²) < 4.78 is 28.4. The summed E-state index contributed by atoms with van der Waals surface area (Å²) in [5.74, 6) is -0.235. The van der Waals surface area contributed by atoms with Gasteiger partial charge in [-0.1, -0.05) is 28.1 Å². The number of nitrogens with one attached hydrogen (secondary N) is 1. The molecular formula is C16H16BrN3O3S. The van der Waals surface area contributed by atoms with Crippen LogP contribution in [0.5, 0.6) is 0 Å². The fraction of sp³-hybridized carbons (Fsp3) is 0.188. The molecule has 0 bridgehead atoms. The first-order chi connectivity index (χ1) is 11.4. The quantitative estimate of drug-likeness (QED) is 0.842. The maximum Gasteiger partial charge on any atom is 0.326 e. The first-order valence-electron chi connectivity index (χ1n) is 7.30. The molecular weight excluding hydrogens is 394 g/mol. The van der Waals surface area contributed by atoms with Crippen molar-refractivity contribution in [3.05, 3.63) is 58.6 Å². The number of rotatable bonds is 4. The average molecular weight is 410 g/mol. The number of nitrogens with zero attached hydrogens (tertiary/aromatic N) is 2. The SMILES string of the molecule is CN1c2ccccc2N(CCNC(=O)c2ccc(Br)cc2)S1(=O)=O. The van der Waals surface area contributed by atoms with Crippen molar-refractivity contribution in [3.8, 4) is 0 Å². The van der Waals surface area contributed by atoms with E-state index < -0.39 is 10.2 Å². The minimum Gasteiger partial charge on any atom is -0.350 e. The predicted octanol–water partition coefficient (Wildman–Crippen LogP) is 2.38. The van der Waals surface area contributed by atoms with E-state index in [1.807, 2.05) is 0 Å². The molecule has 1 amide bonds. The van der Waals surface area contributed by atoms with Gasteiger partial charge in [0.25, 0.3) is 5.91 Å². The molecule has 0 aromatic heterocycles. The lowest BCUT2D eigenvalue weighted by Gasteiger charge is -2.19. The molecule has 0 fully saturated rings. The number of amides is 1. The highest BCUT2D eigenvalue weighted by atomic mass is 79.9. The van der Waals surface area contributed by atoms with E-state index in [0.29, 0.717) is 16.9 Å². The third kappa shape index (κ3) is 2.99. The fourth-order valence-corrected chi connectivity index (χ4v) is 4.24. The molecule has 24 heavy (non-hydrogen) atoms. The average Bonchev–Trinajstić information content (AvgIpc) is 2.76. The Kier molecular flexibility index (Phi) is 4.51. The van der Waals surface area contributed by atoms with Crippen molar-refractivity contribution >= 4 is 43.4 Å². The highest BCUT2D eigenvalue weighted by Gasteiger charge is 2.37. The van der Waals surface area contributed by atoms with Crippen molar-refractivity contribution in [1.82, 2.24) is 5.32 Å². The third-order valence-corrected chi connectivity index (χ3v) is 6.17. The largest absolute Gasteiger partial charge is 0.350 e. The lowest BCUT2D eigenvalue weighted by Crippen LogP contribution is -2.40. The van der Waals surface area contributed by atoms with Gasteiger partial charge in [-0.2, -0.15) is 8.42 Å². The van der Waals surface area contributed by atoms with Gasteiger partial charge in [-0.3, -0.25) is 9.10 Å². The number of carbonyl (C=O) groups is 1. The summed E-state index contributed by atoms with van der Waals surface area (Å²) in [5.41, 5.74) is 1.79. The summed E-state index contributed by atoms with van der Waals surface area (Å²) in [6, 6.07) is 14.1. The van der Waals surface area contributed by atoms with E-state index in [2.05, 4.69) is 21.2 Å². The highest BCUT2D eigenvalue weighted by molar-refractivity contribution is 9.10. The van der Waals surface area contributed by atoms with Crippen LogP contribution in [0.3, 0.4) is 0 Å². The molecule has 2 aromatic rings. The van der Waals surface area contributed by atoms with Gasteiger partial charge in [0.2, 0.25) is 0 Å². The van der Waals surface area contributed by atoms with E-state index >= 15 is 0 Å². The molecule has 1 N–H and O–H groups in total. The molecule has 2 aromatic carbocycles. The number of hydrogen-bond acceptors (Lipinski definition) is 3. The first-order valence-corrected chi connectivity index (χ1v) is 9.49. The Labute approximate surface area is 149 Å². The molecule has 1 aliphatic rings. The molecule has 0 saturated carbocycles. The lowest BCUT2D eigenvalue weighted by molar-refractivity contribution is 0.0955. The topological polar surface area (TPSA) is 69.7 Å². The van der Waals surface area contributed by atoms with Crippen LogP contribution in [0.25, 0.3) is 0 Å². The molecule has 0 saturated heterocycles. The van der Waals surface area contributed by atoms with Gasteiger partial charge in [0.1, 0.15) is 0 Å². The summed E-state index contributed by atoms with van der Waals surface area (Å²) in [5, 5.41) is 2.75. The number of carbonyl (C=O) groups excluding carboxylic acids is 1. The number of fused-ring (bicyclic) bond motifs is 1. The maximum atomic E-state index is 12.5. The van der Waals surface area contributed by atoms with Crippen molar-refractivity contribution in [3.63, 3.8) is 0 Å². The van der Waals surface area contributed by atoms with Gasteiger partial charge in [-0.15, -0.1) is 0 Å². The Morgan fingerprint density at radius 1 is 1.08 bits per heavy atom. The van der Waals surface area contributed by atoms with Crippen LogP contribution in [0.4, 0.5) is 11.4 Å². The summed E-state index contributed by atoms with van der Waals surface area (Å²) in [4.78, 5) is 12.1. The smallest absolute Gasteiger partial charge is 0.326 e. The predicted molar refractivity (Wildman–Crippen MR) is 97.6 cm³/mol. The van der Waals surface area contributed by atoms with Gasteiger partial charge in [-0.25, -0.2) is 4.31 Å². The third-order valence-electron chi connectivity index (χ3n) is 3.82. The summed E-state index contributed by atoms with van der Waals surface area (Å²) >= 11 is 3.32. The zero-order chi connectivity index (χ0) is 17.3. The van der Waals surface area contributed by atoms with E-state index in [4.69, 9.17) is 0 Å². The van der Waals surface area contributed by atoms with Gasteiger partial charge in [0, 0.05) is 23.6 Å². The summed E-state index contributed by atoms with van der Waals surface area (Å²) in [7, 11) is -2.06. The Balaban J connectivity index is 1.68.